The fourth-order valence-corrected chi connectivity index (χ4v) is 2.97. The van der Waals surface area contributed by atoms with Crippen LogP contribution in [0.15, 0.2) is 54.7 Å². The quantitative estimate of drug-likeness (QED) is 0.759. The van der Waals surface area contributed by atoms with Gasteiger partial charge in [0.05, 0.1) is 17.7 Å². The monoisotopic (exact) mass is 316 g/mol. The molecular formula is C18H18F2N2O. The minimum absolute atomic E-state index is 0.317. The molecule has 2 atom stereocenters. The average Bonchev–Trinajstić information content (AvgIpc) is 2.93. The van der Waals surface area contributed by atoms with Crippen LogP contribution in [-0.2, 0) is 0 Å². The van der Waals surface area contributed by atoms with Crippen molar-refractivity contribution >= 4 is 10.9 Å². The van der Waals surface area contributed by atoms with E-state index in [1.165, 1.54) is 18.2 Å². The minimum atomic E-state index is -0.791. The van der Waals surface area contributed by atoms with Crippen molar-refractivity contribution in [2.45, 2.75) is 12.1 Å². The summed E-state index contributed by atoms with van der Waals surface area (Å²) >= 11 is 0. The molecule has 0 fully saturated rings. The van der Waals surface area contributed by atoms with Crippen LogP contribution in [0.25, 0.3) is 10.9 Å². The number of aliphatic hydroxyl groups excluding tert-OH is 1. The summed E-state index contributed by atoms with van der Waals surface area (Å²) in [5.74, 6) is -0.686. The molecule has 0 saturated carbocycles. The molecule has 23 heavy (non-hydrogen) atoms. The summed E-state index contributed by atoms with van der Waals surface area (Å²) < 4.78 is 29.3. The molecule has 3 aromatic rings. The van der Waals surface area contributed by atoms with Crippen molar-refractivity contribution in [1.29, 1.82) is 0 Å². The first-order chi connectivity index (χ1) is 11.1. The molecule has 120 valence electrons. The Morgan fingerprint density at radius 2 is 1.91 bits per heavy atom. The standard InChI is InChI=1S/C18H18F2N2O/c1-21-11-17(23)18(12-4-2-5-13(19)10-12)22-9-8-14-15(20)6-3-7-16(14)22/h2-10,17-18,21,23H,11H2,1H3/t17-,18+/m1/s1. The van der Waals surface area contributed by atoms with Gasteiger partial charge in [0.2, 0.25) is 0 Å². The second kappa shape index (κ2) is 6.48. The number of rotatable bonds is 5. The molecular weight excluding hydrogens is 298 g/mol. The van der Waals surface area contributed by atoms with Crippen molar-refractivity contribution in [3.05, 3.63) is 71.9 Å². The first-order valence-corrected chi connectivity index (χ1v) is 7.45. The van der Waals surface area contributed by atoms with Gasteiger partial charge in [-0.05, 0) is 42.9 Å². The van der Waals surface area contributed by atoms with Crippen LogP contribution in [0.4, 0.5) is 8.78 Å². The zero-order chi connectivity index (χ0) is 16.4. The summed E-state index contributed by atoms with van der Waals surface area (Å²) in [5, 5.41) is 14.0. The number of benzene rings is 2. The molecule has 0 bridgehead atoms. The highest BCUT2D eigenvalue weighted by Gasteiger charge is 2.24. The molecule has 2 N–H and O–H groups in total. The molecule has 0 unspecified atom stereocenters. The fourth-order valence-electron chi connectivity index (χ4n) is 2.97. The molecule has 0 saturated heterocycles. The lowest BCUT2D eigenvalue weighted by atomic mass is 10.0. The Morgan fingerprint density at radius 1 is 1.13 bits per heavy atom. The Kier molecular flexibility index (Phi) is 4.41. The maximum atomic E-state index is 13.9. The summed E-state index contributed by atoms with van der Waals surface area (Å²) in [6.07, 6.45) is 0.933. The van der Waals surface area contributed by atoms with E-state index >= 15 is 0 Å². The van der Waals surface area contributed by atoms with Crippen LogP contribution in [0.2, 0.25) is 0 Å². The normalized spacial score (nSPS) is 14.1. The van der Waals surface area contributed by atoms with Gasteiger partial charge < -0.3 is 15.0 Å². The first kappa shape index (κ1) is 15.6. The molecule has 3 rings (SSSR count). The second-order valence-corrected chi connectivity index (χ2v) is 5.52. The lowest BCUT2D eigenvalue weighted by molar-refractivity contribution is 0.132. The van der Waals surface area contributed by atoms with Crippen molar-refractivity contribution < 1.29 is 13.9 Å². The summed E-state index contributed by atoms with van der Waals surface area (Å²) in [4.78, 5) is 0. The molecule has 1 aromatic heterocycles. The van der Waals surface area contributed by atoms with Crippen LogP contribution in [-0.4, -0.2) is 29.4 Å². The first-order valence-electron chi connectivity index (χ1n) is 7.45. The highest BCUT2D eigenvalue weighted by atomic mass is 19.1. The van der Waals surface area contributed by atoms with Crippen molar-refractivity contribution in [1.82, 2.24) is 9.88 Å². The Labute approximate surface area is 133 Å². The van der Waals surface area contributed by atoms with E-state index in [0.29, 0.717) is 23.0 Å². The van der Waals surface area contributed by atoms with Crippen molar-refractivity contribution in [3.8, 4) is 0 Å². The molecule has 1 heterocycles. The SMILES string of the molecule is CNC[C@@H](O)[C@H](c1cccc(F)c1)n1ccc2c(F)cccc21. The number of likely N-dealkylation sites (N-methyl/N-ethyl adjacent to an activating group) is 1. The predicted octanol–water partition coefficient (Wildman–Crippen LogP) is 3.09. The summed E-state index contributed by atoms with van der Waals surface area (Å²) in [6, 6.07) is 12.1. The Bertz CT molecular complexity index is 816. The van der Waals surface area contributed by atoms with Gasteiger partial charge in [0.15, 0.2) is 0 Å². The topological polar surface area (TPSA) is 37.2 Å². The van der Waals surface area contributed by atoms with Gasteiger partial charge in [-0.3, -0.25) is 0 Å². The van der Waals surface area contributed by atoms with E-state index in [2.05, 4.69) is 5.32 Å². The third-order valence-electron chi connectivity index (χ3n) is 3.98. The predicted molar refractivity (Wildman–Crippen MR) is 86.4 cm³/mol. The number of hydrogen-bond acceptors (Lipinski definition) is 2. The van der Waals surface area contributed by atoms with Crippen LogP contribution in [0.5, 0.6) is 0 Å². The fraction of sp³-hybridized carbons (Fsp3) is 0.222. The summed E-state index contributed by atoms with van der Waals surface area (Å²) in [6.45, 7) is 0.330. The third kappa shape index (κ3) is 2.98. The van der Waals surface area contributed by atoms with Crippen LogP contribution in [0, 0.1) is 11.6 Å². The number of halogens is 2. The van der Waals surface area contributed by atoms with Gasteiger partial charge in [0, 0.05) is 18.1 Å². The maximum absolute atomic E-state index is 13.9. The average molecular weight is 316 g/mol. The zero-order valence-electron chi connectivity index (χ0n) is 12.7. The molecule has 0 aliphatic carbocycles. The largest absolute Gasteiger partial charge is 0.389 e. The van der Waals surface area contributed by atoms with Gasteiger partial charge in [-0.1, -0.05) is 18.2 Å². The van der Waals surface area contributed by atoms with Crippen molar-refractivity contribution in [2.75, 3.05) is 13.6 Å². The molecule has 0 aliphatic rings. The number of fused-ring (bicyclic) bond motifs is 1. The van der Waals surface area contributed by atoms with Crippen LogP contribution < -0.4 is 5.32 Å². The van der Waals surface area contributed by atoms with Gasteiger partial charge >= 0.3 is 0 Å². The van der Waals surface area contributed by atoms with Crippen LogP contribution in [0.3, 0.4) is 0 Å². The Balaban J connectivity index is 2.16. The number of nitrogens with one attached hydrogen (secondary N) is 1. The van der Waals surface area contributed by atoms with E-state index in [0.717, 1.165) is 0 Å². The smallest absolute Gasteiger partial charge is 0.132 e. The van der Waals surface area contributed by atoms with Gasteiger partial charge in [0.1, 0.15) is 11.6 Å². The minimum Gasteiger partial charge on any atom is -0.389 e. The third-order valence-corrected chi connectivity index (χ3v) is 3.98. The Morgan fingerprint density at radius 3 is 2.65 bits per heavy atom. The molecule has 3 nitrogen and oxygen atoms in total. The number of nitrogens with zero attached hydrogens (tertiary/aromatic N) is 1. The molecule has 0 aliphatic heterocycles. The summed E-state index contributed by atoms with van der Waals surface area (Å²) in [7, 11) is 1.74. The molecule has 0 amide bonds. The van der Waals surface area contributed by atoms with Gasteiger partial charge in [-0.25, -0.2) is 8.78 Å². The van der Waals surface area contributed by atoms with Gasteiger partial charge in [0.25, 0.3) is 0 Å². The Hall–Kier alpha value is -2.24. The molecule has 0 radical (unpaired) electrons. The van der Waals surface area contributed by atoms with Crippen LogP contribution >= 0.6 is 0 Å². The van der Waals surface area contributed by atoms with E-state index in [1.807, 2.05) is 0 Å². The molecule has 5 heteroatoms. The highest BCUT2D eigenvalue weighted by Crippen LogP contribution is 2.29. The van der Waals surface area contributed by atoms with Crippen LogP contribution in [0.1, 0.15) is 11.6 Å². The van der Waals surface area contributed by atoms with E-state index in [9.17, 15) is 13.9 Å². The van der Waals surface area contributed by atoms with E-state index in [1.54, 1.807) is 48.1 Å². The molecule has 2 aromatic carbocycles. The van der Waals surface area contributed by atoms with Gasteiger partial charge in [-0.2, -0.15) is 0 Å². The van der Waals surface area contributed by atoms with Crippen molar-refractivity contribution in [2.24, 2.45) is 0 Å². The van der Waals surface area contributed by atoms with Gasteiger partial charge in [-0.15, -0.1) is 0 Å². The number of aliphatic hydroxyl groups is 1. The zero-order valence-corrected chi connectivity index (χ0v) is 12.7. The van der Waals surface area contributed by atoms with E-state index in [4.69, 9.17) is 0 Å². The number of aromatic nitrogens is 1. The summed E-state index contributed by atoms with van der Waals surface area (Å²) in [5.41, 5.74) is 1.30. The maximum Gasteiger partial charge on any atom is 0.132 e. The lowest BCUT2D eigenvalue weighted by Gasteiger charge is -2.26. The molecule has 0 spiro atoms. The van der Waals surface area contributed by atoms with E-state index in [-0.39, 0.29) is 11.6 Å². The number of hydrogen-bond donors (Lipinski definition) is 2. The van der Waals surface area contributed by atoms with E-state index < -0.39 is 12.1 Å². The highest BCUT2D eigenvalue weighted by molar-refractivity contribution is 5.81. The lowest BCUT2D eigenvalue weighted by Crippen LogP contribution is -2.33. The van der Waals surface area contributed by atoms with Crippen molar-refractivity contribution in [3.63, 3.8) is 0 Å². The second-order valence-electron chi connectivity index (χ2n) is 5.52.